The third kappa shape index (κ3) is 5.50. The van der Waals surface area contributed by atoms with Crippen LogP contribution in [0.25, 0.3) is 27.9 Å². The molecule has 0 radical (unpaired) electrons. The molecule has 164 valence electrons. The predicted molar refractivity (Wildman–Crippen MR) is 130 cm³/mol. The van der Waals surface area contributed by atoms with Crippen LogP contribution in [0.4, 0.5) is 5.95 Å². The van der Waals surface area contributed by atoms with Gasteiger partial charge in [-0.1, -0.05) is 57.5 Å². The number of thiazole rings is 1. The normalized spacial score (nSPS) is 12.5. The molecule has 2 heterocycles. The van der Waals surface area contributed by atoms with Crippen LogP contribution < -0.4 is 5.73 Å². The van der Waals surface area contributed by atoms with E-state index in [1.165, 1.54) is 22.8 Å². The van der Waals surface area contributed by atoms with E-state index in [-0.39, 0.29) is 17.1 Å². The maximum atomic E-state index is 12.1. The first-order chi connectivity index (χ1) is 14.5. The molecule has 0 saturated heterocycles. The zero-order chi connectivity index (χ0) is 22.8. The maximum absolute atomic E-state index is 12.1. The maximum Gasteiger partial charge on any atom is 0.220 e. The largest absolute Gasteiger partial charge is 0.368 e. The number of benzene rings is 1. The van der Waals surface area contributed by atoms with Crippen molar-refractivity contribution in [1.29, 1.82) is 0 Å². The summed E-state index contributed by atoms with van der Waals surface area (Å²) in [7, 11) is -3.28. The molecule has 3 rings (SSSR count). The lowest BCUT2D eigenvalue weighted by molar-refractivity contribution is 0.586. The molecule has 0 fully saturated rings. The Morgan fingerprint density at radius 1 is 1.19 bits per heavy atom. The minimum Gasteiger partial charge on any atom is -0.368 e. The van der Waals surface area contributed by atoms with E-state index < -0.39 is 9.84 Å². The van der Waals surface area contributed by atoms with Gasteiger partial charge in [-0.15, -0.1) is 11.3 Å². The van der Waals surface area contributed by atoms with Gasteiger partial charge in [0, 0.05) is 22.6 Å². The van der Waals surface area contributed by atoms with E-state index in [1.807, 2.05) is 19.1 Å². The molecule has 0 atom stereocenters. The Morgan fingerprint density at radius 2 is 1.94 bits per heavy atom. The first-order valence-corrected chi connectivity index (χ1v) is 12.7. The molecule has 0 unspecified atom stereocenters. The van der Waals surface area contributed by atoms with Crippen molar-refractivity contribution in [2.45, 2.75) is 39.5 Å². The quantitative estimate of drug-likeness (QED) is 0.497. The molecular weight excluding hydrogens is 452 g/mol. The molecule has 0 amide bonds. The number of nitrogens with zero attached hydrogens (tertiary/aromatic N) is 3. The Hall–Kier alpha value is -2.29. The Balaban J connectivity index is 2.17. The van der Waals surface area contributed by atoms with Crippen molar-refractivity contribution >= 4 is 44.8 Å². The van der Waals surface area contributed by atoms with E-state index in [2.05, 4.69) is 30.7 Å². The van der Waals surface area contributed by atoms with Crippen LogP contribution in [0.1, 0.15) is 44.7 Å². The number of hydrogen-bond donors (Lipinski definition) is 1. The first-order valence-electron chi connectivity index (χ1n) is 9.81. The van der Waals surface area contributed by atoms with Gasteiger partial charge < -0.3 is 5.73 Å². The summed E-state index contributed by atoms with van der Waals surface area (Å²) in [4.78, 5) is 14.1. The van der Waals surface area contributed by atoms with Crippen molar-refractivity contribution in [3.63, 3.8) is 0 Å². The summed E-state index contributed by atoms with van der Waals surface area (Å²) in [6.07, 6.45) is 3.70. The number of nitrogens with two attached hydrogens (primary N) is 1. The van der Waals surface area contributed by atoms with Crippen molar-refractivity contribution in [2.75, 3.05) is 11.5 Å². The van der Waals surface area contributed by atoms with Crippen molar-refractivity contribution in [3.05, 3.63) is 51.5 Å². The topological polar surface area (TPSA) is 98.8 Å². The highest BCUT2D eigenvalue weighted by Crippen LogP contribution is 2.43. The van der Waals surface area contributed by atoms with Crippen LogP contribution in [0.15, 0.2) is 35.9 Å². The number of aromatic nitrogens is 3. The van der Waals surface area contributed by atoms with Crippen LogP contribution in [-0.4, -0.2) is 29.1 Å². The molecule has 0 spiro atoms. The van der Waals surface area contributed by atoms with Gasteiger partial charge in [-0.3, -0.25) is 0 Å². The summed E-state index contributed by atoms with van der Waals surface area (Å²) in [5.74, 6) is 0.277. The second-order valence-corrected chi connectivity index (χ2v) is 11.5. The van der Waals surface area contributed by atoms with E-state index in [9.17, 15) is 8.42 Å². The second-order valence-electron chi connectivity index (χ2n) is 8.13. The van der Waals surface area contributed by atoms with Gasteiger partial charge in [0.25, 0.3) is 0 Å². The zero-order valence-corrected chi connectivity index (χ0v) is 20.3. The molecule has 6 nitrogen and oxygen atoms in total. The van der Waals surface area contributed by atoms with E-state index in [0.29, 0.717) is 34.0 Å². The van der Waals surface area contributed by atoms with Crippen LogP contribution in [0.3, 0.4) is 0 Å². The van der Waals surface area contributed by atoms with E-state index in [0.717, 1.165) is 9.88 Å². The monoisotopic (exact) mass is 476 g/mol. The Morgan fingerprint density at radius 3 is 2.58 bits per heavy atom. The molecular formula is C22H25ClN4O2S2. The van der Waals surface area contributed by atoms with Gasteiger partial charge in [-0.05, 0) is 24.1 Å². The highest BCUT2D eigenvalue weighted by atomic mass is 35.5. The Kier molecular flexibility index (Phi) is 6.83. The standard InChI is InChI=1S/C22H25ClN4O2S2/c1-5-12-31(28,29)13-10-14-7-6-8-15(17(14)23)18-19(16-9-11-25-21(24)26-16)30-20(27-18)22(2,3)4/h6-11,13H,5,12H2,1-4H3,(H2,24,25,26)/b13-10-. The lowest BCUT2D eigenvalue weighted by atomic mass is 9.98. The molecule has 3 aromatic rings. The third-order valence-corrected chi connectivity index (χ3v) is 7.86. The Labute approximate surface area is 192 Å². The summed E-state index contributed by atoms with van der Waals surface area (Å²) in [6.45, 7) is 8.10. The predicted octanol–water partition coefficient (Wildman–Crippen LogP) is 5.60. The molecule has 2 aromatic heterocycles. The van der Waals surface area contributed by atoms with Crippen LogP contribution in [-0.2, 0) is 15.3 Å². The highest BCUT2D eigenvalue weighted by Gasteiger charge is 2.25. The smallest absolute Gasteiger partial charge is 0.220 e. The van der Waals surface area contributed by atoms with Crippen molar-refractivity contribution < 1.29 is 8.42 Å². The summed E-state index contributed by atoms with van der Waals surface area (Å²) in [5, 5.41) is 2.58. The van der Waals surface area contributed by atoms with E-state index in [4.69, 9.17) is 22.3 Å². The Bertz CT molecular complexity index is 1230. The minimum absolute atomic E-state index is 0.0983. The number of hydrogen-bond acceptors (Lipinski definition) is 7. The molecule has 0 aliphatic carbocycles. The van der Waals surface area contributed by atoms with Crippen molar-refractivity contribution in [3.8, 4) is 21.8 Å². The number of nitrogen functional groups attached to an aromatic ring is 1. The lowest BCUT2D eigenvalue weighted by Gasteiger charge is -2.13. The number of sulfone groups is 1. The van der Waals surface area contributed by atoms with E-state index >= 15 is 0 Å². The minimum atomic E-state index is -3.28. The van der Waals surface area contributed by atoms with Gasteiger partial charge in [0.1, 0.15) is 0 Å². The molecule has 31 heavy (non-hydrogen) atoms. The number of anilines is 1. The molecule has 0 aliphatic rings. The highest BCUT2D eigenvalue weighted by molar-refractivity contribution is 7.94. The molecule has 0 aliphatic heterocycles. The molecule has 1 aromatic carbocycles. The summed E-state index contributed by atoms with van der Waals surface area (Å²) < 4.78 is 24.2. The average Bonchev–Trinajstić information content (AvgIpc) is 3.13. The fourth-order valence-electron chi connectivity index (χ4n) is 2.89. The third-order valence-electron chi connectivity index (χ3n) is 4.40. The summed E-state index contributed by atoms with van der Waals surface area (Å²) in [5.41, 5.74) is 8.30. The zero-order valence-electron chi connectivity index (χ0n) is 17.9. The van der Waals surface area contributed by atoms with Gasteiger partial charge in [0.15, 0.2) is 9.84 Å². The average molecular weight is 477 g/mol. The van der Waals surface area contributed by atoms with Gasteiger partial charge >= 0.3 is 0 Å². The lowest BCUT2D eigenvalue weighted by Crippen LogP contribution is -2.10. The van der Waals surface area contributed by atoms with Crippen LogP contribution >= 0.6 is 22.9 Å². The summed E-state index contributed by atoms with van der Waals surface area (Å²) in [6, 6.07) is 7.27. The van der Waals surface area contributed by atoms with Crippen LogP contribution in [0.5, 0.6) is 0 Å². The molecule has 0 bridgehead atoms. The van der Waals surface area contributed by atoms with Gasteiger partial charge in [0.2, 0.25) is 5.95 Å². The van der Waals surface area contributed by atoms with Crippen molar-refractivity contribution in [1.82, 2.24) is 15.0 Å². The first kappa shape index (κ1) is 23.4. The second kappa shape index (κ2) is 9.06. The van der Waals surface area contributed by atoms with Crippen molar-refractivity contribution in [2.24, 2.45) is 0 Å². The number of halogens is 1. The van der Waals surface area contributed by atoms with Gasteiger partial charge in [0.05, 0.1) is 32.0 Å². The fraction of sp³-hybridized carbons (Fsp3) is 0.318. The summed E-state index contributed by atoms with van der Waals surface area (Å²) >= 11 is 8.26. The van der Waals surface area contributed by atoms with Crippen LogP contribution in [0, 0.1) is 0 Å². The van der Waals surface area contributed by atoms with E-state index in [1.54, 1.807) is 18.3 Å². The SMILES string of the molecule is CCCS(=O)(=O)/C=C\c1cccc(-c2nc(C(C)(C)C)sc2-c2ccnc(N)n2)c1Cl. The molecule has 2 N–H and O–H groups in total. The van der Waals surface area contributed by atoms with Gasteiger partial charge in [-0.2, -0.15) is 0 Å². The molecule has 0 saturated carbocycles. The number of rotatable bonds is 6. The van der Waals surface area contributed by atoms with Gasteiger partial charge in [-0.25, -0.2) is 23.4 Å². The van der Waals surface area contributed by atoms with Crippen LogP contribution in [0.2, 0.25) is 5.02 Å². The molecule has 9 heteroatoms. The fourth-order valence-corrected chi connectivity index (χ4v) is 5.33.